The van der Waals surface area contributed by atoms with Gasteiger partial charge in [-0.25, -0.2) is 0 Å². The van der Waals surface area contributed by atoms with Crippen LogP contribution in [-0.4, -0.2) is 17.8 Å². The molecule has 17 heavy (non-hydrogen) atoms. The Morgan fingerprint density at radius 2 is 2.06 bits per heavy atom. The van der Waals surface area contributed by atoms with Gasteiger partial charge >= 0.3 is 6.18 Å². The maximum absolute atomic E-state index is 12.4. The minimum Gasteiger partial charge on any atom is -0.391 e. The number of anilines is 1. The summed E-state index contributed by atoms with van der Waals surface area (Å²) in [6, 6.07) is 3.04. The minimum atomic E-state index is -4.40. The topological polar surface area (TPSA) is 32.3 Å². The lowest BCUT2D eigenvalue weighted by atomic mass is 10.2. The van der Waals surface area contributed by atoms with E-state index in [1.165, 1.54) is 6.07 Å². The van der Waals surface area contributed by atoms with E-state index in [1.54, 1.807) is 6.92 Å². The van der Waals surface area contributed by atoms with Crippen molar-refractivity contribution in [1.29, 1.82) is 0 Å². The molecule has 6 heteroatoms. The molecule has 0 saturated carbocycles. The number of hydrogen-bond acceptors (Lipinski definition) is 2. The second-order valence-electron chi connectivity index (χ2n) is 3.64. The Labute approximate surface area is 102 Å². The number of nitrogens with one attached hydrogen (secondary N) is 1. The third-order valence-electron chi connectivity index (χ3n) is 2.29. The molecule has 0 radical (unpaired) electrons. The van der Waals surface area contributed by atoms with Gasteiger partial charge in [0.2, 0.25) is 0 Å². The van der Waals surface area contributed by atoms with Gasteiger partial charge in [-0.05, 0) is 24.6 Å². The van der Waals surface area contributed by atoms with E-state index in [1.807, 2.05) is 0 Å². The van der Waals surface area contributed by atoms with Crippen molar-refractivity contribution in [1.82, 2.24) is 0 Å². The monoisotopic (exact) mass is 267 g/mol. The lowest BCUT2D eigenvalue weighted by Gasteiger charge is -2.14. The number of benzene rings is 1. The van der Waals surface area contributed by atoms with Gasteiger partial charge in [0.25, 0.3) is 0 Å². The SMILES string of the molecule is CCC(O)CNc1cc(C(F)(F)F)ccc1Cl. The van der Waals surface area contributed by atoms with Gasteiger partial charge in [-0.15, -0.1) is 0 Å². The second-order valence-corrected chi connectivity index (χ2v) is 4.04. The van der Waals surface area contributed by atoms with Crippen LogP contribution in [-0.2, 0) is 6.18 Å². The molecule has 0 spiro atoms. The lowest BCUT2D eigenvalue weighted by molar-refractivity contribution is -0.137. The molecule has 1 rings (SSSR count). The van der Waals surface area contributed by atoms with Crippen LogP contribution in [0.25, 0.3) is 0 Å². The molecule has 1 aromatic carbocycles. The number of alkyl halides is 3. The van der Waals surface area contributed by atoms with Gasteiger partial charge in [-0.2, -0.15) is 13.2 Å². The van der Waals surface area contributed by atoms with Crippen LogP contribution in [0, 0.1) is 0 Å². The molecular weight excluding hydrogens is 255 g/mol. The molecule has 0 aromatic heterocycles. The zero-order valence-corrected chi connectivity index (χ0v) is 9.94. The van der Waals surface area contributed by atoms with E-state index in [2.05, 4.69) is 5.32 Å². The van der Waals surface area contributed by atoms with Crippen molar-refractivity contribution in [2.45, 2.75) is 25.6 Å². The summed E-state index contributed by atoms with van der Waals surface area (Å²) in [5.74, 6) is 0. The summed E-state index contributed by atoms with van der Waals surface area (Å²) in [6.07, 6.45) is -4.49. The number of hydrogen-bond donors (Lipinski definition) is 2. The largest absolute Gasteiger partial charge is 0.416 e. The zero-order valence-electron chi connectivity index (χ0n) is 9.18. The standard InChI is InChI=1S/C11H13ClF3NO/c1-2-8(17)6-16-10-5-7(11(13,14)15)3-4-9(10)12/h3-5,8,16-17H,2,6H2,1H3. The van der Waals surface area contributed by atoms with Gasteiger partial charge in [0.1, 0.15) is 0 Å². The summed E-state index contributed by atoms with van der Waals surface area (Å²) >= 11 is 5.76. The molecule has 0 bridgehead atoms. The molecule has 1 unspecified atom stereocenters. The molecule has 96 valence electrons. The van der Waals surface area contributed by atoms with Gasteiger partial charge < -0.3 is 10.4 Å². The van der Waals surface area contributed by atoms with Crippen LogP contribution in [0.1, 0.15) is 18.9 Å². The first kappa shape index (κ1) is 14.1. The molecule has 0 heterocycles. The Kier molecular flexibility index (Phi) is 4.65. The van der Waals surface area contributed by atoms with Crippen LogP contribution in [0.2, 0.25) is 5.02 Å². The molecule has 1 aromatic rings. The summed E-state index contributed by atoms with van der Waals surface area (Å²) in [6.45, 7) is 1.94. The number of rotatable bonds is 4. The van der Waals surface area contributed by atoms with Gasteiger partial charge in [-0.3, -0.25) is 0 Å². The number of aliphatic hydroxyl groups excluding tert-OH is 1. The Morgan fingerprint density at radius 1 is 1.41 bits per heavy atom. The summed E-state index contributed by atoms with van der Waals surface area (Å²) in [7, 11) is 0. The Morgan fingerprint density at radius 3 is 2.59 bits per heavy atom. The van der Waals surface area contributed by atoms with Crippen LogP contribution in [0.5, 0.6) is 0 Å². The van der Waals surface area contributed by atoms with Crippen LogP contribution >= 0.6 is 11.6 Å². The van der Waals surface area contributed by atoms with Crippen molar-refractivity contribution in [2.75, 3.05) is 11.9 Å². The summed E-state index contributed by atoms with van der Waals surface area (Å²) < 4.78 is 37.3. The molecule has 0 amide bonds. The van der Waals surface area contributed by atoms with Crippen molar-refractivity contribution in [3.05, 3.63) is 28.8 Å². The van der Waals surface area contributed by atoms with E-state index in [0.29, 0.717) is 6.42 Å². The molecule has 0 aliphatic carbocycles. The molecule has 0 aliphatic rings. The summed E-state index contributed by atoms with van der Waals surface area (Å²) in [5.41, 5.74) is -0.593. The molecular formula is C11H13ClF3NO. The minimum absolute atomic E-state index is 0.164. The molecule has 2 N–H and O–H groups in total. The van der Waals surface area contributed by atoms with Crippen molar-refractivity contribution >= 4 is 17.3 Å². The first-order valence-corrected chi connectivity index (χ1v) is 5.51. The van der Waals surface area contributed by atoms with Crippen molar-refractivity contribution in [3.8, 4) is 0 Å². The maximum atomic E-state index is 12.4. The smallest absolute Gasteiger partial charge is 0.391 e. The van der Waals surface area contributed by atoms with Crippen LogP contribution < -0.4 is 5.32 Å². The highest BCUT2D eigenvalue weighted by molar-refractivity contribution is 6.33. The van der Waals surface area contributed by atoms with E-state index in [0.717, 1.165) is 12.1 Å². The van der Waals surface area contributed by atoms with Crippen LogP contribution in [0.4, 0.5) is 18.9 Å². The first-order valence-electron chi connectivity index (χ1n) is 5.13. The fourth-order valence-electron chi connectivity index (χ4n) is 1.21. The highest BCUT2D eigenvalue weighted by Crippen LogP contribution is 2.33. The van der Waals surface area contributed by atoms with E-state index in [4.69, 9.17) is 11.6 Å². The molecule has 0 saturated heterocycles. The van der Waals surface area contributed by atoms with Crippen molar-refractivity contribution in [2.24, 2.45) is 0 Å². The Hall–Kier alpha value is -0.940. The molecule has 2 nitrogen and oxygen atoms in total. The van der Waals surface area contributed by atoms with E-state index < -0.39 is 17.8 Å². The average molecular weight is 268 g/mol. The van der Waals surface area contributed by atoms with Gasteiger partial charge in [0.15, 0.2) is 0 Å². The highest BCUT2D eigenvalue weighted by atomic mass is 35.5. The molecule has 0 fully saturated rings. The Balaban J connectivity index is 2.84. The van der Waals surface area contributed by atoms with E-state index in [9.17, 15) is 18.3 Å². The average Bonchev–Trinajstić information content (AvgIpc) is 2.26. The number of aliphatic hydroxyl groups is 1. The predicted octanol–water partition coefficient (Wildman–Crippen LogP) is 3.54. The normalized spacial score (nSPS) is 13.5. The zero-order chi connectivity index (χ0) is 13.1. The third-order valence-corrected chi connectivity index (χ3v) is 2.62. The molecule has 1 atom stereocenters. The maximum Gasteiger partial charge on any atom is 0.416 e. The fraction of sp³-hybridized carbons (Fsp3) is 0.455. The quantitative estimate of drug-likeness (QED) is 0.874. The fourth-order valence-corrected chi connectivity index (χ4v) is 1.39. The lowest BCUT2D eigenvalue weighted by Crippen LogP contribution is -2.18. The highest BCUT2D eigenvalue weighted by Gasteiger charge is 2.30. The Bertz CT molecular complexity index is 381. The van der Waals surface area contributed by atoms with Crippen molar-refractivity contribution in [3.63, 3.8) is 0 Å². The van der Waals surface area contributed by atoms with Crippen molar-refractivity contribution < 1.29 is 18.3 Å². The first-order chi connectivity index (χ1) is 7.84. The summed E-state index contributed by atoms with van der Waals surface area (Å²) in [4.78, 5) is 0. The van der Waals surface area contributed by atoms with Crippen LogP contribution in [0.15, 0.2) is 18.2 Å². The van der Waals surface area contributed by atoms with Gasteiger partial charge in [-0.1, -0.05) is 18.5 Å². The second kappa shape index (κ2) is 5.60. The van der Waals surface area contributed by atoms with Gasteiger partial charge in [0.05, 0.1) is 22.4 Å². The predicted molar refractivity (Wildman–Crippen MR) is 61.2 cm³/mol. The van der Waals surface area contributed by atoms with E-state index >= 15 is 0 Å². The third kappa shape index (κ3) is 4.09. The van der Waals surface area contributed by atoms with Crippen LogP contribution in [0.3, 0.4) is 0 Å². The number of halogens is 4. The summed E-state index contributed by atoms with van der Waals surface area (Å²) in [5, 5.41) is 12.2. The molecule has 0 aliphatic heterocycles. The van der Waals surface area contributed by atoms with E-state index in [-0.39, 0.29) is 17.3 Å². The van der Waals surface area contributed by atoms with Gasteiger partial charge in [0, 0.05) is 6.54 Å².